The molecule has 0 aliphatic carbocycles. The second-order valence-electron chi connectivity index (χ2n) is 5.77. The maximum Gasteiger partial charge on any atom is 0.471 e. The Morgan fingerprint density at radius 2 is 1.72 bits per heavy atom. The van der Waals surface area contributed by atoms with E-state index in [4.69, 9.17) is 4.74 Å². The number of carbonyl (C=O) groups excluding carboxylic acids is 2. The summed E-state index contributed by atoms with van der Waals surface area (Å²) in [5.41, 5.74) is 0.980. The van der Waals surface area contributed by atoms with Crippen LogP contribution >= 0.6 is 0 Å². The van der Waals surface area contributed by atoms with Crippen molar-refractivity contribution in [2.45, 2.75) is 25.9 Å². The fourth-order valence-corrected chi connectivity index (χ4v) is 2.72. The lowest BCUT2D eigenvalue weighted by Gasteiger charge is -2.23. The molecular formula is C17H21F3N2O3. The van der Waals surface area contributed by atoms with Gasteiger partial charge in [-0.25, -0.2) is 0 Å². The largest absolute Gasteiger partial charge is 0.483 e. The Morgan fingerprint density at radius 3 is 2.40 bits per heavy atom. The zero-order chi connectivity index (χ0) is 18.4. The minimum atomic E-state index is -4.88. The Hall–Kier alpha value is -2.25. The molecule has 0 spiro atoms. The predicted molar refractivity (Wildman–Crippen MR) is 85.1 cm³/mol. The summed E-state index contributed by atoms with van der Waals surface area (Å²) >= 11 is 0. The van der Waals surface area contributed by atoms with Gasteiger partial charge in [-0.05, 0) is 24.5 Å². The highest BCUT2D eigenvalue weighted by molar-refractivity contribution is 5.82. The van der Waals surface area contributed by atoms with Crippen LogP contribution in [0.4, 0.5) is 13.2 Å². The molecule has 2 amide bonds. The SMILES string of the molecule is CCc1ccccc1OCC(=O)N1CCCN(C(=O)C(F)(F)F)CC1. The fraction of sp³-hybridized carbons (Fsp3) is 0.529. The van der Waals surface area contributed by atoms with E-state index >= 15 is 0 Å². The number of hydrogen-bond donors (Lipinski definition) is 0. The van der Waals surface area contributed by atoms with E-state index in [1.165, 1.54) is 4.90 Å². The van der Waals surface area contributed by atoms with Crippen LogP contribution in [0, 0.1) is 0 Å². The van der Waals surface area contributed by atoms with E-state index in [1.54, 1.807) is 6.07 Å². The zero-order valence-corrected chi connectivity index (χ0v) is 14.0. The number of nitrogens with zero attached hydrogens (tertiary/aromatic N) is 2. The molecule has 0 aromatic heterocycles. The van der Waals surface area contributed by atoms with Crippen molar-refractivity contribution in [2.75, 3.05) is 32.8 Å². The quantitative estimate of drug-likeness (QED) is 0.830. The second-order valence-corrected chi connectivity index (χ2v) is 5.77. The van der Waals surface area contributed by atoms with E-state index in [-0.39, 0.29) is 32.1 Å². The average Bonchev–Trinajstić information content (AvgIpc) is 2.84. The Bertz CT molecular complexity index is 619. The van der Waals surface area contributed by atoms with Crippen molar-refractivity contribution >= 4 is 11.8 Å². The Balaban J connectivity index is 1.89. The molecule has 138 valence electrons. The van der Waals surface area contributed by atoms with Crippen LogP contribution in [0.2, 0.25) is 0 Å². The van der Waals surface area contributed by atoms with Gasteiger partial charge in [-0.15, -0.1) is 0 Å². The molecule has 0 N–H and O–H groups in total. The van der Waals surface area contributed by atoms with Crippen molar-refractivity contribution in [3.05, 3.63) is 29.8 Å². The highest BCUT2D eigenvalue weighted by Gasteiger charge is 2.42. The molecular weight excluding hydrogens is 337 g/mol. The van der Waals surface area contributed by atoms with Gasteiger partial charge in [-0.2, -0.15) is 13.2 Å². The topological polar surface area (TPSA) is 49.9 Å². The Labute approximate surface area is 144 Å². The molecule has 1 heterocycles. The highest BCUT2D eigenvalue weighted by Crippen LogP contribution is 2.20. The number of rotatable bonds is 4. The third-order valence-electron chi connectivity index (χ3n) is 4.08. The number of carbonyl (C=O) groups is 2. The molecule has 5 nitrogen and oxygen atoms in total. The van der Waals surface area contributed by atoms with Crippen LogP contribution in [0.25, 0.3) is 0 Å². The van der Waals surface area contributed by atoms with Crippen LogP contribution in [0.15, 0.2) is 24.3 Å². The Morgan fingerprint density at radius 1 is 1.08 bits per heavy atom. The number of halogens is 3. The molecule has 0 unspecified atom stereocenters. The molecule has 1 aliphatic heterocycles. The zero-order valence-electron chi connectivity index (χ0n) is 14.0. The number of hydrogen-bond acceptors (Lipinski definition) is 3. The number of amides is 2. The van der Waals surface area contributed by atoms with Crippen LogP contribution < -0.4 is 4.74 Å². The van der Waals surface area contributed by atoms with Gasteiger partial charge in [-0.3, -0.25) is 9.59 Å². The first kappa shape index (κ1) is 19.1. The van der Waals surface area contributed by atoms with Gasteiger partial charge in [-0.1, -0.05) is 25.1 Å². The molecule has 8 heteroatoms. The van der Waals surface area contributed by atoms with Gasteiger partial charge in [0.1, 0.15) is 5.75 Å². The summed E-state index contributed by atoms with van der Waals surface area (Å²) in [6.45, 7) is 2.03. The summed E-state index contributed by atoms with van der Waals surface area (Å²) in [7, 11) is 0. The van der Waals surface area contributed by atoms with Gasteiger partial charge < -0.3 is 14.5 Å². The van der Waals surface area contributed by atoms with Crippen LogP contribution in [-0.2, 0) is 16.0 Å². The number of aryl methyl sites for hydroxylation is 1. The average molecular weight is 358 g/mol. The maximum absolute atomic E-state index is 12.5. The van der Waals surface area contributed by atoms with Gasteiger partial charge >= 0.3 is 12.1 Å². The first-order valence-electron chi connectivity index (χ1n) is 8.17. The summed E-state index contributed by atoms with van der Waals surface area (Å²) in [5.74, 6) is -1.52. The number of para-hydroxylation sites is 1. The summed E-state index contributed by atoms with van der Waals surface area (Å²) in [6.07, 6.45) is -3.81. The van der Waals surface area contributed by atoms with Crippen molar-refractivity contribution in [3.63, 3.8) is 0 Å². The molecule has 0 atom stereocenters. The first-order chi connectivity index (χ1) is 11.8. The minimum Gasteiger partial charge on any atom is -0.483 e. The van der Waals surface area contributed by atoms with Gasteiger partial charge in [0.25, 0.3) is 5.91 Å². The molecule has 2 rings (SSSR count). The number of alkyl halides is 3. The molecule has 1 fully saturated rings. The van der Waals surface area contributed by atoms with Crippen LogP contribution in [-0.4, -0.2) is 60.6 Å². The molecule has 1 aromatic rings. The monoisotopic (exact) mass is 358 g/mol. The van der Waals surface area contributed by atoms with Gasteiger partial charge in [0.2, 0.25) is 0 Å². The molecule has 25 heavy (non-hydrogen) atoms. The lowest BCUT2D eigenvalue weighted by Crippen LogP contribution is -2.44. The molecule has 1 saturated heterocycles. The lowest BCUT2D eigenvalue weighted by atomic mass is 10.1. The van der Waals surface area contributed by atoms with Gasteiger partial charge in [0.05, 0.1) is 0 Å². The van der Waals surface area contributed by atoms with Crippen LogP contribution in [0.1, 0.15) is 18.9 Å². The molecule has 1 aliphatic rings. The maximum atomic E-state index is 12.5. The summed E-state index contributed by atoms with van der Waals surface area (Å²) in [6, 6.07) is 7.38. The number of benzene rings is 1. The fourth-order valence-electron chi connectivity index (χ4n) is 2.72. The third-order valence-corrected chi connectivity index (χ3v) is 4.08. The molecule has 0 radical (unpaired) electrons. The first-order valence-corrected chi connectivity index (χ1v) is 8.17. The van der Waals surface area contributed by atoms with Gasteiger partial charge in [0, 0.05) is 26.2 Å². The minimum absolute atomic E-state index is 0.0123. The van der Waals surface area contributed by atoms with Crippen molar-refractivity contribution in [1.29, 1.82) is 0 Å². The lowest BCUT2D eigenvalue weighted by molar-refractivity contribution is -0.185. The van der Waals surface area contributed by atoms with Crippen molar-refractivity contribution in [2.24, 2.45) is 0 Å². The van der Waals surface area contributed by atoms with E-state index in [2.05, 4.69) is 0 Å². The second kappa shape index (κ2) is 8.22. The van der Waals surface area contributed by atoms with E-state index < -0.39 is 12.1 Å². The smallest absolute Gasteiger partial charge is 0.471 e. The van der Waals surface area contributed by atoms with E-state index in [9.17, 15) is 22.8 Å². The third kappa shape index (κ3) is 5.11. The standard InChI is InChI=1S/C17H21F3N2O3/c1-2-13-6-3-4-7-14(13)25-12-15(23)21-8-5-9-22(11-10-21)16(24)17(18,19)20/h3-4,6-7H,2,5,8-12H2,1H3. The van der Waals surface area contributed by atoms with Crippen molar-refractivity contribution in [3.8, 4) is 5.75 Å². The molecule has 1 aromatic carbocycles. The molecule has 0 bridgehead atoms. The van der Waals surface area contributed by atoms with E-state index in [0.717, 1.165) is 16.9 Å². The highest BCUT2D eigenvalue weighted by atomic mass is 19.4. The van der Waals surface area contributed by atoms with Crippen molar-refractivity contribution in [1.82, 2.24) is 9.80 Å². The summed E-state index contributed by atoms with van der Waals surface area (Å²) < 4.78 is 43.1. The van der Waals surface area contributed by atoms with Crippen LogP contribution in [0.3, 0.4) is 0 Å². The normalized spacial score (nSPS) is 15.7. The summed E-state index contributed by atoms with van der Waals surface area (Å²) in [4.78, 5) is 25.8. The number of ether oxygens (including phenoxy) is 1. The van der Waals surface area contributed by atoms with E-state index in [1.807, 2.05) is 25.1 Å². The predicted octanol–water partition coefficient (Wildman–Crippen LogP) is 2.25. The molecule has 0 saturated carbocycles. The van der Waals surface area contributed by atoms with Crippen LogP contribution in [0.5, 0.6) is 5.75 Å². The summed E-state index contributed by atoms with van der Waals surface area (Å²) in [5, 5.41) is 0. The van der Waals surface area contributed by atoms with E-state index in [0.29, 0.717) is 18.7 Å². The van der Waals surface area contributed by atoms with Crippen molar-refractivity contribution < 1.29 is 27.5 Å². The Kier molecular flexibility index (Phi) is 6.27. The van der Waals surface area contributed by atoms with Gasteiger partial charge in [0.15, 0.2) is 6.61 Å².